The van der Waals surface area contributed by atoms with Gasteiger partial charge in [0, 0.05) is 36.3 Å². The average Bonchev–Trinajstić information content (AvgIpc) is 3.46. The number of nitrogens with zero attached hydrogens (tertiary/aromatic N) is 4. The van der Waals surface area contributed by atoms with Crippen molar-refractivity contribution >= 4 is 46.9 Å². The van der Waals surface area contributed by atoms with E-state index in [1.165, 1.54) is 4.90 Å². The molecule has 3 aromatic carbocycles. The summed E-state index contributed by atoms with van der Waals surface area (Å²) in [6, 6.07) is 22.8. The first-order valence-corrected chi connectivity index (χ1v) is 14.7. The van der Waals surface area contributed by atoms with Crippen molar-refractivity contribution in [2.45, 2.75) is 19.4 Å². The minimum atomic E-state index is -0.646. The number of nitrogens with one attached hydrogen (secondary N) is 3. The van der Waals surface area contributed by atoms with Crippen LogP contribution < -0.4 is 20.9 Å². The van der Waals surface area contributed by atoms with E-state index >= 15 is 0 Å². The lowest BCUT2D eigenvalue weighted by Gasteiger charge is -2.27. The smallest absolute Gasteiger partial charge is 0.417 e. The summed E-state index contributed by atoms with van der Waals surface area (Å²) in [4.78, 5) is 50.5. The summed E-state index contributed by atoms with van der Waals surface area (Å²) in [5.74, 6) is 0.929. The zero-order chi connectivity index (χ0) is 31.2. The maximum Gasteiger partial charge on any atom is 0.417 e. The van der Waals surface area contributed by atoms with Crippen LogP contribution in [0.15, 0.2) is 85.1 Å². The van der Waals surface area contributed by atoms with Crippen molar-refractivity contribution in [1.29, 1.82) is 0 Å². The van der Waals surface area contributed by atoms with E-state index in [2.05, 4.69) is 30.8 Å². The summed E-state index contributed by atoms with van der Waals surface area (Å²) in [5.41, 5.74) is 4.39. The number of morpholine rings is 1. The molecule has 12 nitrogen and oxygen atoms in total. The first-order chi connectivity index (χ1) is 21.9. The Morgan fingerprint density at radius 3 is 2.44 bits per heavy atom. The SMILES string of the molecule is Cc1ccc(NC(=O)Nc2ccc(CC(=O)N3C(=O)OCC3c3ccccc3)cc2)cc1Nc1nccc(N2CCOCC2)n1. The van der Waals surface area contributed by atoms with Gasteiger partial charge in [0.25, 0.3) is 0 Å². The Balaban J connectivity index is 1.05. The van der Waals surface area contributed by atoms with Gasteiger partial charge in [-0.25, -0.2) is 19.5 Å². The largest absolute Gasteiger partial charge is 0.446 e. The Morgan fingerprint density at radius 2 is 1.67 bits per heavy atom. The van der Waals surface area contributed by atoms with E-state index in [0.717, 1.165) is 35.7 Å². The number of hydrogen-bond donors (Lipinski definition) is 3. The molecule has 45 heavy (non-hydrogen) atoms. The van der Waals surface area contributed by atoms with E-state index in [1.807, 2.05) is 61.5 Å². The molecular weight excluding hydrogens is 574 g/mol. The van der Waals surface area contributed by atoms with Gasteiger partial charge in [-0.2, -0.15) is 4.98 Å². The second kappa shape index (κ2) is 13.4. The molecule has 4 aromatic rings. The van der Waals surface area contributed by atoms with Gasteiger partial charge < -0.3 is 30.3 Å². The molecule has 0 saturated carbocycles. The number of aromatic nitrogens is 2. The number of rotatable bonds is 8. The molecule has 1 aromatic heterocycles. The third kappa shape index (κ3) is 7.19. The number of ether oxygens (including phenoxy) is 2. The van der Waals surface area contributed by atoms with Crippen molar-refractivity contribution in [2.75, 3.05) is 53.8 Å². The van der Waals surface area contributed by atoms with Gasteiger partial charge in [0.2, 0.25) is 11.9 Å². The molecule has 6 rings (SSSR count). The van der Waals surface area contributed by atoms with Gasteiger partial charge in [-0.15, -0.1) is 0 Å². The minimum Gasteiger partial charge on any atom is -0.446 e. The topological polar surface area (TPSA) is 138 Å². The van der Waals surface area contributed by atoms with E-state index in [4.69, 9.17) is 9.47 Å². The maximum absolute atomic E-state index is 13.1. The number of urea groups is 1. The highest BCUT2D eigenvalue weighted by atomic mass is 16.6. The van der Waals surface area contributed by atoms with E-state index < -0.39 is 18.2 Å². The van der Waals surface area contributed by atoms with Gasteiger partial charge in [-0.1, -0.05) is 48.5 Å². The molecule has 1 atom stereocenters. The molecule has 3 N–H and O–H groups in total. The average molecular weight is 608 g/mol. The lowest BCUT2D eigenvalue weighted by molar-refractivity contribution is -0.128. The highest BCUT2D eigenvalue weighted by molar-refractivity contribution is 6.00. The number of carbonyl (C=O) groups is 3. The van der Waals surface area contributed by atoms with Crippen molar-refractivity contribution in [1.82, 2.24) is 14.9 Å². The number of carbonyl (C=O) groups excluding carboxylic acids is 3. The fourth-order valence-corrected chi connectivity index (χ4v) is 5.21. The van der Waals surface area contributed by atoms with Crippen molar-refractivity contribution in [2.24, 2.45) is 0 Å². The highest BCUT2D eigenvalue weighted by Crippen LogP contribution is 2.29. The molecule has 0 spiro atoms. The number of imide groups is 1. The predicted octanol–water partition coefficient (Wildman–Crippen LogP) is 5.27. The lowest BCUT2D eigenvalue weighted by Crippen LogP contribution is -2.36. The van der Waals surface area contributed by atoms with Gasteiger partial charge in [0.1, 0.15) is 18.5 Å². The van der Waals surface area contributed by atoms with Crippen LogP contribution in [-0.4, -0.2) is 65.8 Å². The van der Waals surface area contributed by atoms with Crippen LogP contribution in [0.25, 0.3) is 0 Å². The summed E-state index contributed by atoms with van der Waals surface area (Å²) in [6.45, 7) is 4.96. The molecule has 2 saturated heterocycles. The molecule has 1 unspecified atom stereocenters. The molecule has 4 amide bonds. The Morgan fingerprint density at radius 1 is 0.933 bits per heavy atom. The number of anilines is 5. The standard InChI is InChI=1S/C33H33N7O5/c1-22-7-10-26(20-27(22)37-31-34-14-13-29(38-31)39-15-17-44-18-16-39)36-32(42)35-25-11-8-23(9-12-25)19-30(41)40-28(21-45-33(40)43)24-5-3-2-4-6-24/h2-14,20,28H,15-19,21H2,1H3,(H,34,37,38)(H2,35,36,42). The summed E-state index contributed by atoms with van der Waals surface area (Å²) < 4.78 is 10.6. The Hall–Kier alpha value is -5.49. The van der Waals surface area contributed by atoms with Crippen LogP contribution in [-0.2, 0) is 20.7 Å². The fraction of sp³-hybridized carbons (Fsp3) is 0.242. The monoisotopic (exact) mass is 607 g/mol. The van der Waals surface area contributed by atoms with Crippen LogP contribution in [0, 0.1) is 6.92 Å². The zero-order valence-corrected chi connectivity index (χ0v) is 24.7. The third-order valence-corrected chi connectivity index (χ3v) is 7.61. The van der Waals surface area contributed by atoms with Gasteiger partial charge in [0.15, 0.2) is 0 Å². The van der Waals surface area contributed by atoms with Crippen molar-refractivity contribution < 1.29 is 23.9 Å². The third-order valence-electron chi connectivity index (χ3n) is 7.61. The van der Waals surface area contributed by atoms with Gasteiger partial charge in [-0.05, 0) is 53.9 Å². The van der Waals surface area contributed by atoms with Crippen molar-refractivity contribution in [3.63, 3.8) is 0 Å². The Kier molecular flexibility index (Phi) is 8.83. The first kappa shape index (κ1) is 29.6. The van der Waals surface area contributed by atoms with Crippen LogP contribution in [0.2, 0.25) is 0 Å². The molecule has 230 valence electrons. The van der Waals surface area contributed by atoms with Crippen LogP contribution in [0.5, 0.6) is 0 Å². The van der Waals surface area contributed by atoms with E-state index in [-0.39, 0.29) is 18.9 Å². The number of benzene rings is 3. The molecule has 2 fully saturated rings. The summed E-state index contributed by atoms with van der Waals surface area (Å²) in [7, 11) is 0. The summed E-state index contributed by atoms with van der Waals surface area (Å²) in [6.07, 6.45) is 1.09. The van der Waals surface area contributed by atoms with Crippen molar-refractivity contribution in [3.05, 3.63) is 102 Å². The zero-order valence-electron chi connectivity index (χ0n) is 24.7. The lowest BCUT2D eigenvalue weighted by atomic mass is 10.1. The molecule has 3 heterocycles. The second-order valence-electron chi connectivity index (χ2n) is 10.7. The van der Waals surface area contributed by atoms with E-state index in [1.54, 1.807) is 30.5 Å². The quantitative estimate of drug-likeness (QED) is 0.245. The fourth-order valence-electron chi connectivity index (χ4n) is 5.21. The summed E-state index contributed by atoms with van der Waals surface area (Å²) in [5, 5.41) is 8.92. The Bertz CT molecular complexity index is 1680. The normalized spacial score (nSPS) is 16.2. The molecule has 0 radical (unpaired) electrons. The van der Waals surface area contributed by atoms with Crippen LogP contribution >= 0.6 is 0 Å². The second-order valence-corrected chi connectivity index (χ2v) is 10.7. The van der Waals surface area contributed by atoms with Crippen LogP contribution in [0.1, 0.15) is 22.7 Å². The van der Waals surface area contributed by atoms with Crippen molar-refractivity contribution in [3.8, 4) is 0 Å². The van der Waals surface area contributed by atoms with E-state index in [0.29, 0.717) is 36.1 Å². The molecule has 0 aliphatic carbocycles. The van der Waals surface area contributed by atoms with Gasteiger partial charge in [0.05, 0.1) is 19.6 Å². The first-order valence-electron chi connectivity index (χ1n) is 14.7. The van der Waals surface area contributed by atoms with Gasteiger partial charge in [-0.3, -0.25) is 4.79 Å². The molecular formula is C33H33N7O5. The predicted molar refractivity (Wildman–Crippen MR) is 170 cm³/mol. The number of aryl methyl sites for hydroxylation is 1. The molecule has 12 heteroatoms. The van der Waals surface area contributed by atoms with Gasteiger partial charge >= 0.3 is 12.1 Å². The Labute approximate surface area is 260 Å². The number of cyclic esters (lactones) is 1. The molecule has 0 bridgehead atoms. The molecule has 2 aliphatic rings. The minimum absolute atomic E-state index is 0.0170. The number of hydrogen-bond acceptors (Lipinski definition) is 9. The number of amides is 4. The van der Waals surface area contributed by atoms with Crippen LogP contribution in [0.3, 0.4) is 0 Å². The van der Waals surface area contributed by atoms with E-state index in [9.17, 15) is 14.4 Å². The molecule has 2 aliphatic heterocycles. The van der Waals surface area contributed by atoms with Crippen LogP contribution in [0.4, 0.5) is 38.4 Å². The summed E-state index contributed by atoms with van der Waals surface area (Å²) >= 11 is 0. The maximum atomic E-state index is 13.1. The highest BCUT2D eigenvalue weighted by Gasteiger charge is 2.38.